The van der Waals surface area contributed by atoms with Gasteiger partial charge in [0, 0.05) is 116 Å². The molecule has 8 N–H and O–H groups in total. The number of carboxylic acids is 1. The molecule has 5 aromatic heterocycles. The fraction of sp³-hybridized carbons (Fsp3) is 0.409. The molecule has 0 bridgehead atoms. The monoisotopic (exact) mass is 1740 g/mol. The quantitative estimate of drug-likeness (QED) is 0.0167. The highest BCUT2D eigenvalue weighted by atomic mass is 79.9. The second-order valence-electron chi connectivity index (χ2n) is 22.5. The number of aliphatic carboxylic acids is 1. The van der Waals surface area contributed by atoms with E-state index in [4.69, 9.17) is 45.0 Å². The summed E-state index contributed by atoms with van der Waals surface area (Å²) in [6.07, 6.45) is 13.3. The molecule has 554 valence electrons. The standard InChI is InChI=1S/C19H25N3O5.C15H17N3O5.C14H20BrN3O4.C12H14BrN3O3.C6H6Br2N2.BrH/c1-5-26-17(25)12-22-10-14-8-13(6-7-16(24)27-19(2,3)4)9-20-18(14)21-15(23)11-22;1-2-23-14(22)9-18-7-11-5-10(3-4-13(20)21)6-16-15(11)17-12(19)8-18;1-3-21-12(19)8-18(9-13(20)22-4-2)7-10-5-11(15)6-17-14(10)16;1-2-19-11(18)7-16-5-8-3-9(13)4-14-12(8)15-10(17)6-16;7-2-4-1-5(8)3-10-6(4)9;/h6-9H,5,10-12H2,1-4H3,(H,20,21,23);3-6H,2,7-9H2,1H3,(H,20,21)(H,16,17,19);5-6H,3-4,7-9H2,1-2H3,(H2,16,17);3-4H,2,5-7H2,1H3,(H,14,15,17);1,3H,2H2,(H2,9,10);1H/b7-6+;4-3+;;;;. The molecule has 102 heavy (non-hydrogen) atoms. The molecule has 5 aromatic rings. The first-order valence-corrected chi connectivity index (χ1v) is 34.8. The van der Waals surface area contributed by atoms with E-state index in [2.05, 4.69) is 105 Å². The van der Waals surface area contributed by atoms with Gasteiger partial charge in [0.05, 0.1) is 85.4 Å². The lowest BCUT2D eigenvalue weighted by molar-refractivity contribution is -0.149. The van der Waals surface area contributed by atoms with Gasteiger partial charge in [-0.2, -0.15) is 0 Å². The van der Waals surface area contributed by atoms with Gasteiger partial charge in [-0.05, 0) is 157 Å². The minimum absolute atomic E-state index is 0. The molecule has 3 amide bonds. The Kier molecular flexibility index (Phi) is 39.4. The Bertz CT molecular complexity index is 3750. The number of aromatic nitrogens is 5. The largest absolute Gasteiger partial charge is 0.478 e. The van der Waals surface area contributed by atoms with Crippen molar-refractivity contribution >= 4 is 181 Å². The zero-order valence-electron chi connectivity index (χ0n) is 57.4. The number of amides is 3. The summed E-state index contributed by atoms with van der Waals surface area (Å²) in [7, 11) is 0. The Morgan fingerprint density at radius 3 is 1.24 bits per heavy atom. The molecule has 31 nitrogen and oxygen atoms in total. The van der Waals surface area contributed by atoms with E-state index in [0.717, 1.165) is 41.5 Å². The number of pyridine rings is 5. The molecule has 0 saturated heterocycles. The number of nitrogens with two attached hydrogens (primary N) is 2. The number of nitrogen functional groups attached to an aromatic ring is 2. The van der Waals surface area contributed by atoms with Crippen LogP contribution in [-0.4, -0.2) is 200 Å². The first-order chi connectivity index (χ1) is 47.9. The maximum atomic E-state index is 12.0. The summed E-state index contributed by atoms with van der Waals surface area (Å²) >= 11 is 13.3. The summed E-state index contributed by atoms with van der Waals surface area (Å²) in [5.74, 6) is -1.82. The Labute approximate surface area is 634 Å². The highest BCUT2D eigenvalue weighted by Crippen LogP contribution is 2.25. The molecule has 0 aliphatic carbocycles. The smallest absolute Gasteiger partial charge is 0.331 e. The van der Waals surface area contributed by atoms with Crippen LogP contribution in [-0.2, 0) is 108 Å². The van der Waals surface area contributed by atoms with Crippen LogP contribution in [0.2, 0.25) is 0 Å². The molecule has 0 fully saturated rings. The SMILES string of the molecule is Br.CCOC(=O)CN(CC(=O)OCC)Cc1cc(Br)cnc1N.CCOC(=O)CN1CC(=O)Nc2ncc(/C=C/C(=O)O)cc2C1.CCOC(=O)CN1CC(=O)Nc2ncc(/C=C/C(=O)OC(C)(C)C)cc2C1.CCOC(=O)CN1CC(=O)Nc2ncc(Br)cc2C1.Nc1ncc(Br)cc1CBr. The van der Waals surface area contributed by atoms with Gasteiger partial charge >= 0.3 is 41.8 Å². The average molecular weight is 1740 g/mol. The molecule has 3 aliphatic heterocycles. The number of esters is 6. The first kappa shape index (κ1) is 88.0. The second-order valence-corrected chi connectivity index (χ2v) is 25.8. The molecule has 0 radical (unpaired) electrons. The fourth-order valence-corrected chi connectivity index (χ4v) is 10.6. The number of carbonyl (C=O) groups excluding carboxylic acids is 9. The number of hydrogen-bond acceptors (Lipinski definition) is 27. The predicted octanol–water partition coefficient (Wildman–Crippen LogP) is 7.67. The number of hydrogen-bond donors (Lipinski definition) is 6. The zero-order valence-corrected chi connectivity index (χ0v) is 65.4. The fourth-order valence-electron chi connectivity index (χ4n) is 9.01. The first-order valence-electron chi connectivity index (χ1n) is 31.3. The van der Waals surface area contributed by atoms with Crippen LogP contribution in [0, 0.1) is 0 Å². The van der Waals surface area contributed by atoms with Crippen LogP contribution in [0.25, 0.3) is 12.2 Å². The van der Waals surface area contributed by atoms with Gasteiger partial charge in [-0.1, -0.05) is 15.9 Å². The number of rotatable bonds is 22. The normalized spacial score (nSPS) is 13.4. The van der Waals surface area contributed by atoms with Crippen molar-refractivity contribution in [3.63, 3.8) is 0 Å². The third kappa shape index (κ3) is 34.2. The summed E-state index contributed by atoms with van der Waals surface area (Å²) in [6, 6.07) is 9.16. The molecule has 0 saturated carbocycles. The van der Waals surface area contributed by atoms with Gasteiger partial charge in [0.15, 0.2) is 0 Å². The van der Waals surface area contributed by atoms with Crippen molar-refractivity contribution in [2.45, 2.75) is 92.5 Å². The van der Waals surface area contributed by atoms with E-state index >= 15 is 0 Å². The van der Waals surface area contributed by atoms with Gasteiger partial charge in [-0.25, -0.2) is 34.5 Å². The number of anilines is 5. The average Bonchev–Trinajstić information content (AvgIpc) is 1.67. The minimum atomic E-state index is -1.06. The third-order valence-corrected chi connectivity index (χ3v) is 14.9. The van der Waals surface area contributed by atoms with Gasteiger partial charge in [-0.15, -0.1) is 17.0 Å². The van der Waals surface area contributed by atoms with E-state index in [-0.39, 0.29) is 132 Å². The van der Waals surface area contributed by atoms with Crippen LogP contribution < -0.4 is 27.4 Å². The molecule has 0 atom stereocenters. The number of alkyl halides is 1. The van der Waals surface area contributed by atoms with Crippen LogP contribution in [0.4, 0.5) is 29.1 Å². The van der Waals surface area contributed by atoms with Gasteiger partial charge in [-0.3, -0.25) is 58.0 Å². The Morgan fingerprint density at radius 2 is 0.863 bits per heavy atom. The molecule has 36 heteroatoms. The summed E-state index contributed by atoms with van der Waals surface area (Å²) in [5, 5.41) is 17.5. The van der Waals surface area contributed by atoms with Crippen LogP contribution in [0.3, 0.4) is 0 Å². The zero-order chi connectivity index (χ0) is 74.8. The van der Waals surface area contributed by atoms with Crippen LogP contribution >= 0.6 is 80.7 Å². The number of carbonyl (C=O) groups is 10. The number of ether oxygens (including phenoxy) is 6. The predicted molar refractivity (Wildman–Crippen MR) is 398 cm³/mol. The van der Waals surface area contributed by atoms with E-state index < -0.39 is 35.4 Å². The molecule has 8 rings (SSSR count). The van der Waals surface area contributed by atoms with E-state index in [9.17, 15) is 47.9 Å². The number of halogens is 5. The Balaban J connectivity index is 0.000000338. The molecular weight excluding hydrogens is 1660 g/mol. The van der Waals surface area contributed by atoms with Crippen molar-refractivity contribution in [2.24, 2.45) is 0 Å². The number of fused-ring (bicyclic) bond motifs is 3. The van der Waals surface area contributed by atoms with E-state index in [1.165, 1.54) is 18.3 Å². The van der Waals surface area contributed by atoms with Crippen molar-refractivity contribution < 1.29 is 81.5 Å². The molecule has 0 unspecified atom stereocenters. The lowest BCUT2D eigenvalue weighted by atomic mass is 10.1. The summed E-state index contributed by atoms with van der Waals surface area (Å²) in [5.41, 5.74) is 16.1. The third-order valence-electron chi connectivity index (χ3n) is 13.0. The Morgan fingerprint density at radius 1 is 0.520 bits per heavy atom. The van der Waals surface area contributed by atoms with Crippen molar-refractivity contribution in [1.29, 1.82) is 0 Å². The van der Waals surface area contributed by atoms with Crippen LogP contribution in [0.1, 0.15) is 94.3 Å². The maximum Gasteiger partial charge on any atom is 0.331 e. The topological polar surface area (TPSA) is 412 Å². The van der Waals surface area contributed by atoms with E-state index in [1.807, 2.05) is 18.2 Å². The Hall–Kier alpha value is -8.23. The molecule has 3 aliphatic rings. The summed E-state index contributed by atoms with van der Waals surface area (Å²) in [6.45, 7) is 17.3. The molecular formula is C66H83Br5N14O17. The summed E-state index contributed by atoms with van der Waals surface area (Å²) < 4.78 is 32.3. The van der Waals surface area contributed by atoms with E-state index in [1.54, 1.807) is 118 Å². The van der Waals surface area contributed by atoms with Crippen molar-refractivity contribution in [3.05, 3.63) is 126 Å². The highest BCUT2D eigenvalue weighted by Gasteiger charge is 2.27. The van der Waals surface area contributed by atoms with Crippen molar-refractivity contribution in [1.82, 2.24) is 44.5 Å². The van der Waals surface area contributed by atoms with Crippen molar-refractivity contribution in [3.8, 4) is 0 Å². The van der Waals surface area contributed by atoms with Gasteiger partial charge in [0.1, 0.15) is 34.7 Å². The van der Waals surface area contributed by atoms with Gasteiger partial charge in [0.2, 0.25) is 17.7 Å². The van der Waals surface area contributed by atoms with Gasteiger partial charge in [0.25, 0.3) is 0 Å². The number of nitrogens with one attached hydrogen (secondary N) is 3. The lowest BCUT2D eigenvalue weighted by Crippen LogP contribution is -2.36. The second kappa shape index (κ2) is 45.7. The van der Waals surface area contributed by atoms with Crippen LogP contribution in [0.15, 0.2) is 86.9 Å². The summed E-state index contributed by atoms with van der Waals surface area (Å²) in [4.78, 5) is 143. The molecule has 0 spiro atoms. The molecule has 8 heterocycles. The lowest BCUT2D eigenvalue weighted by Gasteiger charge is -2.21. The molecule has 0 aromatic carbocycles. The van der Waals surface area contributed by atoms with E-state index in [0.29, 0.717) is 77.6 Å². The highest BCUT2D eigenvalue weighted by molar-refractivity contribution is 9.11. The number of nitrogens with zero attached hydrogens (tertiary/aromatic N) is 9. The minimum Gasteiger partial charge on any atom is -0.478 e. The van der Waals surface area contributed by atoms with Gasteiger partial charge < -0.3 is 60.9 Å². The van der Waals surface area contributed by atoms with Crippen LogP contribution in [0.5, 0.6) is 0 Å². The maximum absolute atomic E-state index is 12.0. The number of carboxylic acid groups (broad SMARTS) is 1. The van der Waals surface area contributed by atoms with Crippen molar-refractivity contribution in [2.75, 3.05) is 113 Å².